The summed E-state index contributed by atoms with van der Waals surface area (Å²) in [5.74, 6) is -0.969. The lowest BCUT2D eigenvalue weighted by Gasteiger charge is -2.04. The van der Waals surface area contributed by atoms with E-state index < -0.39 is 5.82 Å². The first-order chi connectivity index (χ1) is 7.74. The Kier molecular flexibility index (Phi) is 2.81. The van der Waals surface area contributed by atoms with Crippen LogP contribution in [0.15, 0.2) is 30.5 Å². The monoisotopic (exact) mass is 218 g/mol. The Balaban J connectivity index is 2.46. The molecule has 0 saturated carbocycles. The van der Waals surface area contributed by atoms with Crippen molar-refractivity contribution in [2.75, 3.05) is 0 Å². The van der Waals surface area contributed by atoms with Crippen LogP contribution in [0.4, 0.5) is 4.39 Å². The van der Waals surface area contributed by atoms with Gasteiger partial charge in [0.25, 0.3) is 0 Å². The molecule has 0 aliphatic heterocycles. The van der Waals surface area contributed by atoms with E-state index in [2.05, 4.69) is 10.2 Å². The molecule has 0 spiro atoms. The molecule has 4 heteroatoms. The van der Waals surface area contributed by atoms with Crippen LogP contribution in [0.3, 0.4) is 0 Å². The number of hydrogen-bond acceptors (Lipinski definition) is 2. The maximum atomic E-state index is 13.2. The zero-order valence-corrected chi connectivity index (χ0v) is 8.83. The first-order valence-corrected chi connectivity index (χ1v) is 5.05. The summed E-state index contributed by atoms with van der Waals surface area (Å²) in [5.41, 5.74) is 1.34. The van der Waals surface area contributed by atoms with Gasteiger partial charge in [-0.05, 0) is 12.0 Å². The molecule has 82 valence electrons. The number of hydrogen-bond donors (Lipinski definition) is 1. The van der Waals surface area contributed by atoms with Gasteiger partial charge in [0.05, 0.1) is 6.20 Å². The molecule has 0 fully saturated rings. The third-order valence-electron chi connectivity index (χ3n) is 2.46. The molecule has 2 rings (SSSR count). The Bertz CT molecular complexity index is 519. The van der Waals surface area contributed by atoms with Crippen molar-refractivity contribution < 1.29 is 9.18 Å². The molecule has 1 N–H and O–H groups in total. The van der Waals surface area contributed by atoms with Gasteiger partial charge in [0.15, 0.2) is 5.82 Å². The average molecular weight is 218 g/mol. The van der Waals surface area contributed by atoms with Crippen molar-refractivity contribution >= 4 is 5.78 Å². The standard InChI is InChI=1S/C12H11FN2O/c1-2-8-5-3-4-6-9(8)12(16)11-10(13)7-14-15-11/h3-7H,2H2,1H3,(H,14,15). The summed E-state index contributed by atoms with van der Waals surface area (Å²) in [6.07, 6.45) is 1.74. The molecule has 0 saturated heterocycles. The van der Waals surface area contributed by atoms with Gasteiger partial charge in [0, 0.05) is 5.56 Å². The first-order valence-electron chi connectivity index (χ1n) is 5.05. The Labute approximate surface area is 92.3 Å². The highest BCUT2D eigenvalue weighted by molar-refractivity contribution is 6.08. The number of H-pyrrole nitrogens is 1. The van der Waals surface area contributed by atoms with Crippen molar-refractivity contribution in [3.05, 3.63) is 53.1 Å². The highest BCUT2D eigenvalue weighted by Gasteiger charge is 2.17. The molecule has 0 amide bonds. The molecule has 0 unspecified atom stereocenters. The molecule has 3 nitrogen and oxygen atoms in total. The lowest BCUT2D eigenvalue weighted by Crippen LogP contribution is -2.07. The summed E-state index contributed by atoms with van der Waals surface area (Å²) in [6.45, 7) is 1.95. The van der Waals surface area contributed by atoms with Gasteiger partial charge in [0.1, 0.15) is 5.69 Å². The molecule has 2 aromatic rings. The number of carbonyl (C=O) groups is 1. The van der Waals surface area contributed by atoms with Crippen molar-refractivity contribution in [2.45, 2.75) is 13.3 Å². The summed E-state index contributed by atoms with van der Waals surface area (Å²) in [4.78, 5) is 12.0. The van der Waals surface area contributed by atoms with Crippen LogP contribution < -0.4 is 0 Å². The van der Waals surface area contributed by atoms with Crippen LogP contribution >= 0.6 is 0 Å². The first kappa shape index (κ1) is 10.5. The van der Waals surface area contributed by atoms with Crippen LogP contribution in [0, 0.1) is 5.82 Å². The normalized spacial score (nSPS) is 10.4. The van der Waals surface area contributed by atoms with E-state index in [0.717, 1.165) is 18.2 Å². The second-order valence-electron chi connectivity index (χ2n) is 3.43. The molecule has 1 heterocycles. The summed E-state index contributed by atoms with van der Waals surface area (Å²) in [6, 6.07) is 7.18. The van der Waals surface area contributed by atoms with Crippen LogP contribution in [-0.2, 0) is 6.42 Å². The quantitative estimate of drug-likeness (QED) is 0.804. The van der Waals surface area contributed by atoms with Crippen molar-refractivity contribution in [2.24, 2.45) is 0 Å². The van der Waals surface area contributed by atoms with Gasteiger partial charge in [-0.3, -0.25) is 9.89 Å². The van der Waals surface area contributed by atoms with Crippen molar-refractivity contribution in [3.8, 4) is 0 Å². The Hall–Kier alpha value is -1.97. The minimum absolute atomic E-state index is 0.0825. The van der Waals surface area contributed by atoms with E-state index in [1.165, 1.54) is 0 Å². The average Bonchev–Trinajstić information content (AvgIpc) is 2.74. The summed E-state index contributed by atoms with van der Waals surface area (Å²) in [5, 5.41) is 5.88. The van der Waals surface area contributed by atoms with Gasteiger partial charge in [-0.25, -0.2) is 4.39 Å². The second-order valence-corrected chi connectivity index (χ2v) is 3.43. The van der Waals surface area contributed by atoms with Crippen LogP contribution in [0.5, 0.6) is 0 Å². The number of benzene rings is 1. The van der Waals surface area contributed by atoms with Crippen molar-refractivity contribution in [1.82, 2.24) is 10.2 Å². The van der Waals surface area contributed by atoms with Crippen LogP contribution in [0.1, 0.15) is 28.5 Å². The maximum absolute atomic E-state index is 13.2. The molecule has 16 heavy (non-hydrogen) atoms. The Morgan fingerprint density at radius 1 is 1.44 bits per heavy atom. The highest BCUT2D eigenvalue weighted by Crippen LogP contribution is 2.15. The van der Waals surface area contributed by atoms with Gasteiger partial charge >= 0.3 is 0 Å². The second kappa shape index (κ2) is 4.26. The molecule has 0 bridgehead atoms. The number of aromatic nitrogens is 2. The highest BCUT2D eigenvalue weighted by atomic mass is 19.1. The van der Waals surface area contributed by atoms with Crippen molar-refractivity contribution in [3.63, 3.8) is 0 Å². The lowest BCUT2D eigenvalue weighted by atomic mass is 10.00. The molecular formula is C12H11FN2O. The zero-order valence-electron chi connectivity index (χ0n) is 8.83. The number of halogens is 1. The van der Waals surface area contributed by atoms with E-state index in [1.54, 1.807) is 12.1 Å². The van der Waals surface area contributed by atoms with Gasteiger partial charge < -0.3 is 0 Å². The maximum Gasteiger partial charge on any atom is 0.214 e. The van der Waals surface area contributed by atoms with E-state index in [4.69, 9.17) is 0 Å². The Morgan fingerprint density at radius 3 is 2.81 bits per heavy atom. The fourth-order valence-corrected chi connectivity index (χ4v) is 1.62. The molecule has 1 aromatic carbocycles. The number of ketones is 1. The summed E-state index contributed by atoms with van der Waals surface area (Å²) in [7, 11) is 0. The van der Waals surface area contributed by atoms with E-state index in [0.29, 0.717) is 5.56 Å². The number of aromatic amines is 1. The molecule has 0 aliphatic carbocycles. The SMILES string of the molecule is CCc1ccccc1C(=O)c1[nH]ncc1F. The number of carbonyl (C=O) groups excluding carboxylic acids is 1. The van der Waals surface area contributed by atoms with Crippen molar-refractivity contribution in [1.29, 1.82) is 0 Å². The minimum Gasteiger partial charge on any atom is -0.287 e. The minimum atomic E-state index is -0.615. The van der Waals surface area contributed by atoms with E-state index >= 15 is 0 Å². The van der Waals surface area contributed by atoms with Crippen LogP contribution in [0.2, 0.25) is 0 Å². The van der Waals surface area contributed by atoms with E-state index in [9.17, 15) is 9.18 Å². The smallest absolute Gasteiger partial charge is 0.214 e. The molecular weight excluding hydrogens is 207 g/mol. The lowest BCUT2D eigenvalue weighted by molar-refractivity contribution is 0.103. The third kappa shape index (κ3) is 1.74. The molecule has 0 radical (unpaired) electrons. The van der Waals surface area contributed by atoms with Gasteiger partial charge in [-0.15, -0.1) is 0 Å². The largest absolute Gasteiger partial charge is 0.287 e. The topological polar surface area (TPSA) is 45.8 Å². The van der Waals surface area contributed by atoms with Crippen LogP contribution in [-0.4, -0.2) is 16.0 Å². The fourth-order valence-electron chi connectivity index (χ4n) is 1.62. The Morgan fingerprint density at radius 2 is 2.19 bits per heavy atom. The third-order valence-corrected chi connectivity index (χ3v) is 2.46. The fraction of sp³-hybridized carbons (Fsp3) is 0.167. The molecule has 0 aliphatic rings. The number of aryl methyl sites for hydroxylation is 1. The van der Waals surface area contributed by atoms with E-state index in [-0.39, 0.29) is 11.5 Å². The molecule has 1 aromatic heterocycles. The number of nitrogens with one attached hydrogen (secondary N) is 1. The zero-order chi connectivity index (χ0) is 11.5. The van der Waals surface area contributed by atoms with Gasteiger partial charge in [-0.2, -0.15) is 5.10 Å². The summed E-state index contributed by atoms with van der Waals surface area (Å²) < 4.78 is 13.2. The summed E-state index contributed by atoms with van der Waals surface area (Å²) >= 11 is 0. The van der Waals surface area contributed by atoms with Gasteiger partial charge in [-0.1, -0.05) is 31.2 Å². The molecule has 0 atom stereocenters. The number of rotatable bonds is 3. The number of nitrogens with zero attached hydrogens (tertiary/aromatic N) is 1. The van der Waals surface area contributed by atoms with E-state index in [1.807, 2.05) is 19.1 Å². The van der Waals surface area contributed by atoms with Crippen LogP contribution in [0.25, 0.3) is 0 Å². The van der Waals surface area contributed by atoms with Gasteiger partial charge in [0.2, 0.25) is 5.78 Å². The predicted octanol–water partition coefficient (Wildman–Crippen LogP) is 2.34. The predicted molar refractivity (Wildman–Crippen MR) is 57.8 cm³/mol.